The first-order valence-corrected chi connectivity index (χ1v) is 8.44. The van der Waals surface area contributed by atoms with Crippen LogP contribution in [-0.4, -0.2) is 34.0 Å². The third-order valence-corrected chi connectivity index (χ3v) is 4.39. The zero-order chi connectivity index (χ0) is 15.9. The number of thioether (sulfide) groups is 1. The third-order valence-electron chi connectivity index (χ3n) is 3.14. The number of hydrogen-bond acceptors (Lipinski definition) is 4. The average Bonchev–Trinajstić information content (AvgIpc) is 3.02. The van der Waals surface area contributed by atoms with Gasteiger partial charge < -0.3 is 10.6 Å². The van der Waals surface area contributed by atoms with E-state index in [-0.39, 0.29) is 17.3 Å². The van der Waals surface area contributed by atoms with Crippen molar-refractivity contribution in [2.75, 3.05) is 12.8 Å². The van der Waals surface area contributed by atoms with Gasteiger partial charge in [-0.1, -0.05) is 23.7 Å². The fourth-order valence-electron chi connectivity index (χ4n) is 1.97. The summed E-state index contributed by atoms with van der Waals surface area (Å²) in [5, 5.41) is 13.0. The molecule has 2 aromatic rings. The van der Waals surface area contributed by atoms with Crippen molar-refractivity contribution >= 4 is 29.4 Å². The number of carbonyl (C=O) groups excluding carboxylic acids is 1. The molecule has 0 radical (unpaired) electrons. The molecule has 8 heteroatoms. The van der Waals surface area contributed by atoms with Crippen LogP contribution in [0.2, 0.25) is 5.02 Å². The molecule has 0 unspecified atom stereocenters. The average molecular weight is 340 g/mol. The van der Waals surface area contributed by atoms with E-state index in [0.717, 1.165) is 5.56 Å². The van der Waals surface area contributed by atoms with Crippen molar-refractivity contribution in [1.82, 2.24) is 25.8 Å². The van der Waals surface area contributed by atoms with Gasteiger partial charge in [0.15, 0.2) is 0 Å². The molecule has 1 aromatic carbocycles. The van der Waals surface area contributed by atoms with Crippen molar-refractivity contribution in [3.63, 3.8) is 0 Å². The van der Waals surface area contributed by atoms with Crippen molar-refractivity contribution in [2.24, 2.45) is 0 Å². The van der Waals surface area contributed by atoms with Gasteiger partial charge in [0, 0.05) is 16.8 Å². The summed E-state index contributed by atoms with van der Waals surface area (Å²) >= 11 is 7.67. The number of carbonyl (C=O) groups is 1. The lowest BCUT2D eigenvalue weighted by Gasteiger charge is -2.17. The van der Waals surface area contributed by atoms with Gasteiger partial charge in [0.2, 0.25) is 0 Å². The Hall–Kier alpha value is -1.73. The van der Waals surface area contributed by atoms with Crippen LogP contribution in [0.15, 0.2) is 30.6 Å². The minimum atomic E-state index is -0.245. The van der Waals surface area contributed by atoms with Gasteiger partial charge in [-0.25, -0.2) is 9.78 Å². The second-order valence-corrected chi connectivity index (χ2v) is 6.20. The maximum atomic E-state index is 11.9. The van der Waals surface area contributed by atoms with E-state index in [1.807, 2.05) is 37.4 Å². The Morgan fingerprint density at radius 3 is 2.95 bits per heavy atom. The molecule has 118 valence electrons. The summed E-state index contributed by atoms with van der Waals surface area (Å²) in [4.78, 5) is 16.0. The first kappa shape index (κ1) is 16.6. The Morgan fingerprint density at radius 2 is 2.32 bits per heavy atom. The maximum absolute atomic E-state index is 11.9. The van der Waals surface area contributed by atoms with Gasteiger partial charge in [-0.15, -0.1) is 0 Å². The van der Waals surface area contributed by atoms with Gasteiger partial charge >= 0.3 is 6.03 Å². The fraction of sp³-hybridized carbons (Fsp3) is 0.357. The normalized spacial score (nSPS) is 13.4. The number of urea groups is 1. The molecule has 0 spiro atoms. The first-order chi connectivity index (χ1) is 10.6. The number of rotatable bonds is 6. The van der Waals surface area contributed by atoms with Gasteiger partial charge in [0.25, 0.3) is 0 Å². The standard InChI is InChI=1S/C14H18ClN5OS/c1-9(13-17-8-18-20-13)19-14(21)16-7-12(22-2)10-4-3-5-11(15)6-10/h3-6,8-9,12H,7H2,1-2H3,(H2,16,19,21)(H,17,18,20)/t9-,12-/m0/s1. The van der Waals surface area contributed by atoms with Crippen LogP contribution in [-0.2, 0) is 0 Å². The third kappa shape index (κ3) is 4.64. The van der Waals surface area contributed by atoms with Crippen LogP contribution in [0.4, 0.5) is 4.79 Å². The molecule has 2 atom stereocenters. The molecule has 3 N–H and O–H groups in total. The summed E-state index contributed by atoms with van der Waals surface area (Å²) in [5.41, 5.74) is 1.09. The summed E-state index contributed by atoms with van der Waals surface area (Å²) in [6, 6.07) is 7.18. The quantitative estimate of drug-likeness (QED) is 0.755. The van der Waals surface area contributed by atoms with Crippen LogP contribution in [0.5, 0.6) is 0 Å². The number of hydrogen-bond donors (Lipinski definition) is 3. The van der Waals surface area contributed by atoms with Gasteiger partial charge in [-0.2, -0.15) is 16.9 Å². The lowest BCUT2D eigenvalue weighted by atomic mass is 10.1. The number of nitrogens with one attached hydrogen (secondary N) is 3. The Morgan fingerprint density at radius 1 is 1.50 bits per heavy atom. The molecule has 1 heterocycles. The molecule has 6 nitrogen and oxygen atoms in total. The van der Waals surface area contributed by atoms with Gasteiger partial charge in [-0.05, 0) is 30.9 Å². The van der Waals surface area contributed by atoms with Gasteiger partial charge in [0.1, 0.15) is 12.2 Å². The van der Waals surface area contributed by atoms with Crippen molar-refractivity contribution < 1.29 is 4.79 Å². The predicted molar refractivity (Wildman–Crippen MR) is 89.0 cm³/mol. The molecule has 22 heavy (non-hydrogen) atoms. The lowest BCUT2D eigenvalue weighted by Crippen LogP contribution is -2.39. The zero-order valence-corrected chi connectivity index (χ0v) is 13.9. The van der Waals surface area contributed by atoms with E-state index in [4.69, 9.17) is 11.6 Å². The fourth-order valence-corrected chi connectivity index (χ4v) is 2.84. The lowest BCUT2D eigenvalue weighted by molar-refractivity contribution is 0.237. The largest absolute Gasteiger partial charge is 0.337 e. The van der Waals surface area contributed by atoms with Crippen molar-refractivity contribution in [1.29, 1.82) is 0 Å². The van der Waals surface area contributed by atoms with Crippen LogP contribution in [0.3, 0.4) is 0 Å². The topological polar surface area (TPSA) is 82.7 Å². The Kier molecular flexibility index (Phi) is 6.09. The predicted octanol–water partition coefficient (Wildman–Crippen LogP) is 2.92. The van der Waals surface area contributed by atoms with Crippen molar-refractivity contribution in [3.8, 4) is 0 Å². The Labute approximate surface area is 138 Å². The SMILES string of the molecule is CS[C@@H](CNC(=O)N[C@@H](C)c1ncn[nH]1)c1cccc(Cl)c1. The van der Waals surface area contributed by atoms with Gasteiger partial charge in [0.05, 0.1) is 6.04 Å². The van der Waals surface area contributed by atoms with E-state index in [1.54, 1.807) is 11.8 Å². The second kappa shape index (κ2) is 8.05. The number of amides is 2. The molecular formula is C14H18ClN5OS. The molecule has 0 saturated carbocycles. The van der Waals surface area contributed by atoms with Crippen LogP contribution >= 0.6 is 23.4 Å². The van der Waals surface area contributed by atoms with E-state index in [9.17, 15) is 4.79 Å². The minimum Gasteiger partial charge on any atom is -0.337 e. The highest BCUT2D eigenvalue weighted by atomic mass is 35.5. The monoisotopic (exact) mass is 339 g/mol. The molecule has 0 aliphatic rings. The molecule has 0 aliphatic heterocycles. The minimum absolute atomic E-state index is 0.144. The summed E-state index contributed by atoms with van der Waals surface area (Å²) in [6.45, 7) is 2.35. The summed E-state index contributed by atoms with van der Waals surface area (Å²) in [5.74, 6) is 0.617. The number of H-pyrrole nitrogens is 1. The van der Waals surface area contributed by atoms with E-state index in [1.165, 1.54) is 6.33 Å². The van der Waals surface area contributed by atoms with E-state index in [2.05, 4.69) is 25.8 Å². The van der Waals surface area contributed by atoms with Crippen LogP contribution in [0.1, 0.15) is 29.6 Å². The van der Waals surface area contributed by atoms with Crippen LogP contribution < -0.4 is 10.6 Å². The summed E-state index contributed by atoms with van der Waals surface area (Å²) in [7, 11) is 0. The van der Waals surface area contributed by atoms with Crippen molar-refractivity contribution in [2.45, 2.75) is 18.2 Å². The van der Waals surface area contributed by atoms with E-state index in [0.29, 0.717) is 17.4 Å². The number of benzene rings is 1. The second-order valence-electron chi connectivity index (χ2n) is 4.73. The molecule has 2 rings (SSSR count). The van der Waals surface area contributed by atoms with Crippen molar-refractivity contribution in [3.05, 3.63) is 47.0 Å². The molecular weight excluding hydrogens is 322 g/mol. The summed E-state index contributed by atoms with van der Waals surface area (Å²) in [6.07, 6.45) is 3.41. The highest BCUT2D eigenvalue weighted by Crippen LogP contribution is 2.27. The Balaban J connectivity index is 1.86. The molecule has 2 amide bonds. The number of nitrogens with zero attached hydrogens (tertiary/aromatic N) is 2. The highest BCUT2D eigenvalue weighted by molar-refractivity contribution is 7.98. The maximum Gasteiger partial charge on any atom is 0.315 e. The van der Waals surface area contributed by atoms with E-state index < -0.39 is 0 Å². The molecule has 0 fully saturated rings. The zero-order valence-electron chi connectivity index (χ0n) is 12.3. The number of aromatic amines is 1. The van der Waals surface area contributed by atoms with E-state index >= 15 is 0 Å². The Bertz CT molecular complexity index is 607. The van der Waals surface area contributed by atoms with Crippen LogP contribution in [0, 0.1) is 0 Å². The molecule has 0 aliphatic carbocycles. The smallest absolute Gasteiger partial charge is 0.315 e. The first-order valence-electron chi connectivity index (χ1n) is 6.78. The highest BCUT2D eigenvalue weighted by Gasteiger charge is 2.15. The number of halogens is 1. The molecule has 0 saturated heterocycles. The molecule has 1 aromatic heterocycles. The van der Waals surface area contributed by atoms with Gasteiger partial charge in [-0.3, -0.25) is 5.10 Å². The molecule has 0 bridgehead atoms. The van der Waals surface area contributed by atoms with Crippen LogP contribution in [0.25, 0.3) is 0 Å². The summed E-state index contributed by atoms with van der Waals surface area (Å²) < 4.78 is 0. The number of aromatic nitrogens is 3.